The number of benzene rings is 2. The average molecular weight is 376 g/mol. The summed E-state index contributed by atoms with van der Waals surface area (Å²) in [5.41, 5.74) is 6.12. The molecular weight excluding hydrogens is 356 g/mol. The average Bonchev–Trinajstić information content (AvgIpc) is 3.02. The van der Waals surface area contributed by atoms with Gasteiger partial charge in [0.05, 0.1) is 12.2 Å². The van der Waals surface area contributed by atoms with Gasteiger partial charge in [0.15, 0.2) is 0 Å². The van der Waals surface area contributed by atoms with Crippen LogP contribution in [0.4, 0.5) is 0 Å². The number of aryl methyl sites for hydroxylation is 1. The maximum atomic E-state index is 12.8. The molecule has 0 bridgehead atoms. The molecule has 2 amide bonds. The largest absolute Gasteiger partial charge is 0.461 e. The molecule has 0 radical (unpaired) electrons. The second-order valence-corrected chi connectivity index (χ2v) is 6.67. The van der Waals surface area contributed by atoms with Crippen molar-refractivity contribution in [1.29, 1.82) is 0 Å². The van der Waals surface area contributed by atoms with Crippen LogP contribution in [0.3, 0.4) is 0 Å². The summed E-state index contributed by atoms with van der Waals surface area (Å²) in [6.07, 6.45) is 0. The van der Waals surface area contributed by atoms with Gasteiger partial charge in [-0.1, -0.05) is 30.0 Å². The van der Waals surface area contributed by atoms with Crippen molar-refractivity contribution in [3.05, 3.63) is 71.0 Å². The van der Waals surface area contributed by atoms with Crippen molar-refractivity contribution < 1.29 is 19.1 Å². The molecule has 4 N–H and O–H groups in total. The van der Waals surface area contributed by atoms with E-state index in [-0.39, 0.29) is 5.56 Å². The van der Waals surface area contributed by atoms with E-state index >= 15 is 0 Å². The SMILES string of the molecule is Cc1oc2ccc(C#Cc3ccccc3)cc2c1C(=O)NC(C)(CO)C(N)=O. The van der Waals surface area contributed by atoms with Gasteiger partial charge in [-0.25, -0.2) is 0 Å². The minimum Gasteiger partial charge on any atom is -0.461 e. The van der Waals surface area contributed by atoms with Gasteiger partial charge in [0.1, 0.15) is 16.9 Å². The summed E-state index contributed by atoms with van der Waals surface area (Å²) in [5, 5.41) is 12.5. The van der Waals surface area contributed by atoms with E-state index in [2.05, 4.69) is 17.2 Å². The Labute approximate surface area is 162 Å². The molecule has 3 aromatic rings. The summed E-state index contributed by atoms with van der Waals surface area (Å²) < 4.78 is 5.66. The van der Waals surface area contributed by atoms with Gasteiger partial charge in [0.2, 0.25) is 5.91 Å². The van der Waals surface area contributed by atoms with Gasteiger partial charge in [-0.3, -0.25) is 9.59 Å². The zero-order chi connectivity index (χ0) is 20.3. The highest BCUT2D eigenvalue weighted by Crippen LogP contribution is 2.27. The molecule has 6 nitrogen and oxygen atoms in total. The number of carbonyl (C=O) groups is 2. The highest BCUT2D eigenvalue weighted by molar-refractivity contribution is 6.09. The van der Waals surface area contributed by atoms with Crippen molar-refractivity contribution >= 4 is 22.8 Å². The molecule has 0 saturated carbocycles. The second kappa shape index (κ2) is 7.59. The topological polar surface area (TPSA) is 106 Å². The summed E-state index contributed by atoms with van der Waals surface area (Å²) >= 11 is 0. The summed E-state index contributed by atoms with van der Waals surface area (Å²) in [5.74, 6) is 5.14. The molecule has 0 saturated heterocycles. The monoisotopic (exact) mass is 376 g/mol. The van der Waals surface area contributed by atoms with E-state index in [1.807, 2.05) is 36.4 Å². The van der Waals surface area contributed by atoms with Crippen LogP contribution in [-0.2, 0) is 4.79 Å². The van der Waals surface area contributed by atoms with Crippen LogP contribution in [0, 0.1) is 18.8 Å². The molecular formula is C22H20N2O4. The van der Waals surface area contributed by atoms with E-state index < -0.39 is 24.0 Å². The number of aliphatic hydroxyl groups excluding tert-OH is 1. The molecule has 0 fully saturated rings. The first-order valence-corrected chi connectivity index (χ1v) is 8.67. The fraction of sp³-hybridized carbons (Fsp3) is 0.182. The van der Waals surface area contributed by atoms with Crippen LogP contribution in [0.15, 0.2) is 52.9 Å². The lowest BCUT2D eigenvalue weighted by molar-refractivity contribution is -0.124. The van der Waals surface area contributed by atoms with E-state index in [9.17, 15) is 14.7 Å². The van der Waals surface area contributed by atoms with Crippen LogP contribution >= 0.6 is 0 Å². The molecule has 1 aromatic heterocycles. The molecule has 142 valence electrons. The number of nitrogens with one attached hydrogen (secondary N) is 1. The Morgan fingerprint density at radius 2 is 1.82 bits per heavy atom. The molecule has 0 aliphatic carbocycles. The zero-order valence-corrected chi connectivity index (χ0v) is 15.6. The Morgan fingerprint density at radius 3 is 2.46 bits per heavy atom. The molecule has 6 heteroatoms. The number of rotatable bonds is 4. The molecule has 0 aliphatic rings. The lowest BCUT2D eigenvalue weighted by Crippen LogP contribution is -2.57. The Hall–Kier alpha value is -3.56. The van der Waals surface area contributed by atoms with Crippen LogP contribution < -0.4 is 11.1 Å². The molecule has 0 aliphatic heterocycles. The van der Waals surface area contributed by atoms with Crippen LogP contribution in [0.25, 0.3) is 11.0 Å². The fourth-order valence-corrected chi connectivity index (χ4v) is 2.74. The van der Waals surface area contributed by atoms with Crippen molar-refractivity contribution in [2.24, 2.45) is 5.73 Å². The number of amides is 2. The Bertz CT molecular complexity index is 1110. The molecule has 28 heavy (non-hydrogen) atoms. The predicted molar refractivity (Wildman–Crippen MR) is 106 cm³/mol. The first-order valence-electron chi connectivity index (χ1n) is 8.67. The highest BCUT2D eigenvalue weighted by atomic mass is 16.3. The quantitative estimate of drug-likeness (QED) is 0.606. The van der Waals surface area contributed by atoms with Gasteiger partial charge in [0.25, 0.3) is 5.91 Å². The lowest BCUT2D eigenvalue weighted by Gasteiger charge is -2.24. The number of hydrogen-bond donors (Lipinski definition) is 3. The van der Waals surface area contributed by atoms with Crippen molar-refractivity contribution in [3.63, 3.8) is 0 Å². The van der Waals surface area contributed by atoms with E-state index in [0.717, 1.165) is 5.56 Å². The summed E-state index contributed by atoms with van der Waals surface area (Å²) in [6, 6.07) is 14.9. The highest BCUT2D eigenvalue weighted by Gasteiger charge is 2.34. The second-order valence-electron chi connectivity index (χ2n) is 6.67. The molecule has 1 unspecified atom stereocenters. The minimum absolute atomic E-state index is 0.277. The van der Waals surface area contributed by atoms with Gasteiger partial charge in [0, 0.05) is 16.5 Å². The van der Waals surface area contributed by atoms with Crippen LogP contribution in [-0.4, -0.2) is 29.1 Å². The summed E-state index contributed by atoms with van der Waals surface area (Å²) in [4.78, 5) is 24.4. The van der Waals surface area contributed by atoms with E-state index in [4.69, 9.17) is 10.2 Å². The fourth-order valence-electron chi connectivity index (χ4n) is 2.74. The number of nitrogens with two attached hydrogens (primary N) is 1. The van der Waals surface area contributed by atoms with Crippen molar-refractivity contribution in [2.75, 3.05) is 6.61 Å². The van der Waals surface area contributed by atoms with E-state index in [1.54, 1.807) is 19.1 Å². The zero-order valence-electron chi connectivity index (χ0n) is 15.6. The smallest absolute Gasteiger partial charge is 0.256 e. The lowest BCUT2D eigenvalue weighted by atomic mass is 10.0. The van der Waals surface area contributed by atoms with Crippen LogP contribution in [0.5, 0.6) is 0 Å². The Kier molecular flexibility index (Phi) is 5.21. The van der Waals surface area contributed by atoms with Gasteiger partial charge >= 0.3 is 0 Å². The maximum Gasteiger partial charge on any atom is 0.256 e. The maximum absolute atomic E-state index is 12.8. The Balaban J connectivity index is 1.99. The number of primary amides is 1. The third-order valence-electron chi connectivity index (χ3n) is 4.47. The van der Waals surface area contributed by atoms with Gasteiger partial charge in [-0.15, -0.1) is 0 Å². The molecule has 2 aromatic carbocycles. The number of furan rings is 1. The third-order valence-corrected chi connectivity index (χ3v) is 4.47. The Morgan fingerprint density at radius 1 is 1.14 bits per heavy atom. The van der Waals surface area contributed by atoms with Crippen molar-refractivity contribution in [3.8, 4) is 11.8 Å². The first kappa shape index (κ1) is 19.2. The standard InChI is InChI=1S/C22H20N2O4/c1-14-19(20(26)24-22(2,13-25)21(23)27)17-12-16(10-11-18(17)28-14)9-8-15-6-4-3-5-7-15/h3-7,10-12,25H,13H2,1-2H3,(H2,23,27)(H,24,26). The van der Waals surface area contributed by atoms with Gasteiger partial charge in [-0.05, 0) is 44.2 Å². The number of carbonyl (C=O) groups excluding carboxylic acids is 2. The van der Waals surface area contributed by atoms with Gasteiger partial charge in [-0.2, -0.15) is 0 Å². The van der Waals surface area contributed by atoms with Crippen molar-refractivity contribution in [2.45, 2.75) is 19.4 Å². The van der Waals surface area contributed by atoms with E-state index in [1.165, 1.54) is 6.92 Å². The summed E-state index contributed by atoms with van der Waals surface area (Å²) in [7, 11) is 0. The van der Waals surface area contributed by atoms with Crippen LogP contribution in [0.2, 0.25) is 0 Å². The number of hydrogen-bond acceptors (Lipinski definition) is 4. The first-order chi connectivity index (χ1) is 13.3. The number of fused-ring (bicyclic) bond motifs is 1. The number of aliphatic hydroxyl groups is 1. The van der Waals surface area contributed by atoms with Gasteiger partial charge < -0.3 is 20.6 Å². The molecule has 1 atom stereocenters. The molecule has 1 heterocycles. The molecule has 3 rings (SSSR count). The summed E-state index contributed by atoms with van der Waals surface area (Å²) in [6.45, 7) is 2.41. The van der Waals surface area contributed by atoms with Crippen LogP contribution in [0.1, 0.15) is 34.2 Å². The normalized spacial score (nSPS) is 12.7. The molecule has 0 spiro atoms. The third kappa shape index (κ3) is 3.75. The van der Waals surface area contributed by atoms with Crippen molar-refractivity contribution in [1.82, 2.24) is 5.32 Å². The van der Waals surface area contributed by atoms with E-state index in [0.29, 0.717) is 22.3 Å². The minimum atomic E-state index is -1.57. The predicted octanol–water partition coefficient (Wildman–Crippen LogP) is 2.11.